The molecule has 0 aliphatic heterocycles. The van der Waals surface area contributed by atoms with Crippen LogP contribution in [0.4, 0.5) is 10.2 Å². The van der Waals surface area contributed by atoms with Crippen LogP contribution in [0.2, 0.25) is 5.02 Å². The maximum atomic E-state index is 14.1. The molecule has 1 N–H and O–H groups in total. The lowest BCUT2D eigenvalue weighted by atomic mass is 10.2. The summed E-state index contributed by atoms with van der Waals surface area (Å²) in [5, 5.41) is 3.89. The Balaban J connectivity index is 0.00000100. The highest BCUT2D eigenvalue weighted by Crippen LogP contribution is 2.38. The molecule has 2 heterocycles. The molecule has 0 saturated heterocycles. The Bertz CT molecular complexity index is 869. The van der Waals surface area contributed by atoms with Gasteiger partial charge in [0.05, 0.1) is 20.8 Å². The van der Waals surface area contributed by atoms with Gasteiger partial charge < -0.3 is 5.32 Å². The fourth-order valence-electron chi connectivity index (χ4n) is 1.96. The molecule has 0 saturated carbocycles. The molecule has 0 aliphatic carbocycles. The van der Waals surface area contributed by atoms with Crippen LogP contribution in [0.3, 0.4) is 0 Å². The van der Waals surface area contributed by atoms with Gasteiger partial charge in [-0.05, 0) is 24.3 Å². The molecule has 124 valence electrons. The molecule has 24 heavy (non-hydrogen) atoms. The molecule has 2 aromatic heterocycles. The van der Waals surface area contributed by atoms with Crippen LogP contribution in [-0.2, 0) is 0 Å². The first kappa shape index (κ1) is 18.1. The van der Waals surface area contributed by atoms with Crippen molar-refractivity contribution in [3.05, 3.63) is 66.2 Å². The van der Waals surface area contributed by atoms with Crippen LogP contribution in [0.1, 0.15) is 13.8 Å². The Morgan fingerprint density at radius 3 is 2.75 bits per heavy atom. The number of thiazole rings is 1. The molecule has 0 amide bonds. The summed E-state index contributed by atoms with van der Waals surface area (Å²) in [6.07, 6.45) is 3.23. The monoisotopic (exact) mass is 361 g/mol. The zero-order valence-corrected chi connectivity index (χ0v) is 15.0. The first-order valence-electron chi connectivity index (χ1n) is 7.38. The molecule has 1 aromatic carbocycles. The van der Waals surface area contributed by atoms with Gasteiger partial charge in [0.15, 0.2) is 0 Å². The number of rotatable bonds is 4. The van der Waals surface area contributed by atoms with E-state index in [1.807, 2.05) is 13.8 Å². The van der Waals surface area contributed by atoms with Gasteiger partial charge in [0.1, 0.15) is 16.6 Å². The smallest absolute Gasteiger partial charge is 0.150 e. The third-order valence-corrected chi connectivity index (χ3v) is 4.42. The predicted molar refractivity (Wildman–Crippen MR) is 102 cm³/mol. The summed E-state index contributed by atoms with van der Waals surface area (Å²) in [6.45, 7) is 11.4. The van der Waals surface area contributed by atoms with Gasteiger partial charge in [0.2, 0.25) is 0 Å². The molecule has 3 nitrogen and oxygen atoms in total. The lowest BCUT2D eigenvalue weighted by molar-refractivity contribution is 0.631. The second kappa shape index (κ2) is 8.04. The fourth-order valence-corrected chi connectivity index (χ4v) is 3.33. The van der Waals surface area contributed by atoms with Crippen LogP contribution in [0.5, 0.6) is 0 Å². The van der Waals surface area contributed by atoms with Crippen molar-refractivity contribution in [1.29, 1.82) is 0 Å². The van der Waals surface area contributed by atoms with Gasteiger partial charge in [-0.3, -0.25) is 0 Å². The molecule has 0 atom stereocenters. The number of fused-ring (bicyclic) bond motifs is 1. The van der Waals surface area contributed by atoms with E-state index in [2.05, 4.69) is 28.4 Å². The Morgan fingerprint density at radius 2 is 2.08 bits per heavy atom. The minimum atomic E-state index is -0.399. The lowest BCUT2D eigenvalue weighted by Crippen LogP contribution is -1.96. The summed E-state index contributed by atoms with van der Waals surface area (Å²) in [7, 11) is 0. The second-order valence-electron chi connectivity index (χ2n) is 4.48. The Labute approximate surface area is 149 Å². The topological polar surface area (TPSA) is 37.8 Å². The third kappa shape index (κ3) is 3.63. The van der Waals surface area contributed by atoms with Gasteiger partial charge in [0, 0.05) is 11.9 Å². The molecule has 0 aliphatic rings. The molecule has 0 spiro atoms. The maximum Gasteiger partial charge on any atom is 0.150 e. The lowest BCUT2D eigenvalue weighted by Gasteiger charge is -2.04. The van der Waals surface area contributed by atoms with Crippen LogP contribution in [0.25, 0.3) is 20.8 Å². The third-order valence-electron chi connectivity index (χ3n) is 3.01. The Hall–Kier alpha value is -2.24. The van der Waals surface area contributed by atoms with E-state index in [9.17, 15) is 4.39 Å². The van der Waals surface area contributed by atoms with Crippen molar-refractivity contribution < 1.29 is 4.39 Å². The quantitative estimate of drug-likeness (QED) is 0.555. The highest BCUT2D eigenvalue weighted by molar-refractivity contribution is 7.22. The summed E-state index contributed by atoms with van der Waals surface area (Å²) in [4.78, 5) is 8.73. The van der Waals surface area contributed by atoms with E-state index in [-0.39, 0.29) is 0 Å². The Morgan fingerprint density at radius 1 is 1.33 bits per heavy atom. The second-order valence-corrected chi connectivity index (χ2v) is 5.88. The number of hydrogen-bond donors (Lipinski definition) is 1. The fraction of sp³-hybridized carbons (Fsp3) is 0.111. The van der Waals surface area contributed by atoms with Gasteiger partial charge in [0.25, 0.3) is 0 Å². The highest BCUT2D eigenvalue weighted by atomic mass is 35.5. The van der Waals surface area contributed by atoms with Gasteiger partial charge in [-0.25, -0.2) is 14.4 Å². The number of aromatic nitrogens is 2. The van der Waals surface area contributed by atoms with Crippen LogP contribution >= 0.6 is 22.9 Å². The summed E-state index contributed by atoms with van der Waals surface area (Å²) in [5.41, 5.74) is 1.64. The number of allylic oxidation sites excluding steroid dienone is 1. The number of pyridine rings is 1. The maximum absolute atomic E-state index is 14.1. The standard InChI is InChI=1S/C16H11ClFN3S.C2H6/c1-3-9(2)20-15-14-12(7-8-19-15)21-16(22-14)13-10(17)5-4-6-11(13)18;1-2/h3-8H,1-2H2,(H,19,20);1-2H3. The summed E-state index contributed by atoms with van der Waals surface area (Å²) in [6, 6.07) is 6.34. The van der Waals surface area contributed by atoms with E-state index in [1.54, 1.807) is 30.5 Å². The first-order chi connectivity index (χ1) is 11.6. The molecule has 0 radical (unpaired) electrons. The van der Waals surface area contributed by atoms with Crippen LogP contribution in [-0.4, -0.2) is 9.97 Å². The SMILES string of the molecule is C=CC(=C)Nc1nccc2nc(-c3c(F)cccc3Cl)sc12.CC. The van der Waals surface area contributed by atoms with E-state index in [0.717, 1.165) is 4.70 Å². The van der Waals surface area contributed by atoms with Gasteiger partial charge in [-0.1, -0.05) is 44.7 Å². The van der Waals surface area contributed by atoms with Crippen molar-refractivity contribution in [2.24, 2.45) is 0 Å². The summed E-state index contributed by atoms with van der Waals surface area (Å²) in [5.74, 6) is 0.211. The average Bonchev–Trinajstić information content (AvgIpc) is 3.01. The van der Waals surface area contributed by atoms with Gasteiger partial charge >= 0.3 is 0 Å². The zero-order chi connectivity index (χ0) is 17.7. The van der Waals surface area contributed by atoms with Crippen LogP contribution in [0.15, 0.2) is 55.4 Å². The number of halogens is 2. The molecular formula is C18H17ClFN3S. The summed E-state index contributed by atoms with van der Waals surface area (Å²) < 4.78 is 14.9. The average molecular weight is 362 g/mol. The van der Waals surface area contributed by atoms with Crippen molar-refractivity contribution in [2.45, 2.75) is 13.8 Å². The van der Waals surface area contributed by atoms with E-state index in [1.165, 1.54) is 17.4 Å². The first-order valence-corrected chi connectivity index (χ1v) is 8.58. The van der Waals surface area contributed by atoms with Gasteiger partial charge in [-0.15, -0.1) is 11.3 Å². The molecule has 0 fully saturated rings. The van der Waals surface area contributed by atoms with Crippen molar-refractivity contribution in [3.63, 3.8) is 0 Å². The van der Waals surface area contributed by atoms with E-state index in [4.69, 9.17) is 11.6 Å². The van der Waals surface area contributed by atoms with E-state index >= 15 is 0 Å². The zero-order valence-electron chi connectivity index (χ0n) is 13.4. The highest BCUT2D eigenvalue weighted by Gasteiger charge is 2.16. The molecule has 0 unspecified atom stereocenters. The van der Waals surface area contributed by atoms with Crippen molar-refractivity contribution in [2.75, 3.05) is 5.32 Å². The van der Waals surface area contributed by atoms with Crippen LogP contribution in [0, 0.1) is 5.82 Å². The number of nitrogens with one attached hydrogen (secondary N) is 1. The minimum Gasteiger partial charge on any atom is -0.340 e. The largest absolute Gasteiger partial charge is 0.340 e. The molecule has 3 rings (SSSR count). The van der Waals surface area contributed by atoms with E-state index in [0.29, 0.717) is 32.6 Å². The predicted octanol–water partition coefficient (Wildman–Crippen LogP) is 6.29. The number of benzene rings is 1. The van der Waals surface area contributed by atoms with Gasteiger partial charge in [-0.2, -0.15) is 0 Å². The van der Waals surface area contributed by atoms with Crippen molar-refractivity contribution in [3.8, 4) is 10.6 Å². The Kier molecular flexibility index (Phi) is 6.06. The van der Waals surface area contributed by atoms with Crippen molar-refractivity contribution >= 4 is 39.0 Å². The number of anilines is 1. The normalized spacial score (nSPS) is 10.0. The van der Waals surface area contributed by atoms with E-state index < -0.39 is 5.82 Å². The molecule has 0 bridgehead atoms. The van der Waals surface area contributed by atoms with Crippen LogP contribution < -0.4 is 5.32 Å². The minimum absolute atomic E-state index is 0.305. The van der Waals surface area contributed by atoms with Crippen molar-refractivity contribution in [1.82, 2.24) is 9.97 Å². The molecule has 6 heteroatoms. The number of hydrogen-bond acceptors (Lipinski definition) is 4. The molecule has 3 aromatic rings. The summed E-state index contributed by atoms with van der Waals surface area (Å²) >= 11 is 7.43. The molecular weight excluding hydrogens is 345 g/mol. The number of nitrogens with zero attached hydrogens (tertiary/aromatic N) is 2.